The van der Waals surface area contributed by atoms with Crippen LogP contribution in [0.4, 0.5) is 4.39 Å². The molecule has 0 aliphatic rings. The minimum atomic E-state index is -0.253. The lowest BCUT2D eigenvalue weighted by molar-refractivity contribution is 0.435. The minimum Gasteiger partial charge on any atom is -0.355 e. The Labute approximate surface area is 108 Å². The van der Waals surface area contributed by atoms with Crippen LogP contribution in [-0.4, -0.2) is 5.16 Å². The predicted molar refractivity (Wildman–Crippen MR) is 69.9 cm³/mol. The highest BCUT2D eigenvalue weighted by Gasteiger charge is 2.11. The molecule has 0 saturated carbocycles. The Bertz CT molecular complexity index is 669. The van der Waals surface area contributed by atoms with Gasteiger partial charge in [-0.25, -0.2) is 4.39 Å². The molecule has 0 spiro atoms. The molecule has 0 N–H and O–H groups in total. The van der Waals surface area contributed by atoms with E-state index >= 15 is 0 Å². The van der Waals surface area contributed by atoms with Gasteiger partial charge in [-0.15, -0.1) is 11.3 Å². The van der Waals surface area contributed by atoms with Gasteiger partial charge in [0, 0.05) is 11.6 Å². The number of hydrogen-bond donors (Lipinski definition) is 0. The molecule has 2 nitrogen and oxygen atoms in total. The van der Waals surface area contributed by atoms with E-state index < -0.39 is 0 Å². The fourth-order valence-corrected chi connectivity index (χ4v) is 2.64. The third kappa shape index (κ3) is 1.95. The summed E-state index contributed by atoms with van der Waals surface area (Å²) in [5, 5.41) is 6.04. The largest absolute Gasteiger partial charge is 0.355 e. The quantitative estimate of drug-likeness (QED) is 0.676. The second-order valence-electron chi connectivity index (χ2n) is 4.02. The molecule has 2 heterocycles. The van der Waals surface area contributed by atoms with Crippen molar-refractivity contribution >= 4 is 11.3 Å². The van der Waals surface area contributed by atoms with E-state index in [1.807, 2.05) is 24.4 Å². The maximum absolute atomic E-state index is 12.8. The van der Waals surface area contributed by atoms with Crippen LogP contribution in [0.3, 0.4) is 0 Å². The van der Waals surface area contributed by atoms with Crippen LogP contribution in [0.1, 0.15) is 5.56 Å². The second-order valence-corrected chi connectivity index (χ2v) is 4.93. The average Bonchev–Trinajstić information content (AvgIpc) is 2.98. The van der Waals surface area contributed by atoms with Crippen LogP contribution >= 0.6 is 11.3 Å². The summed E-state index contributed by atoms with van der Waals surface area (Å²) in [5.41, 5.74) is 2.74. The smallest absolute Gasteiger partial charge is 0.177 e. The van der Waals surface area contributed by atoms with Gasteiger partial charge in [-0.05, 0) is 48.2 Å². The van der Waals surface area contributed by atoms with E-state index in [2.05, 4.69) is 5.16 Å². The average molecular weight is 259 g/mol. The van der Waals surface area contributed by atoms with Crippen molar-refractivity contribution < 1.29 is 8.91 Å². The van der Waals surface area contributed by atoms with Gasteiger partial charge in [-0.1, -0.05) is 5.16 Å². The fraction of sp³-hybridized carbons (Fsp3) is 0.0714. The first-order chi connectivity index (χ1) is 8.74. The normalized spacial score (nSPS) is 10.8. The Morgan fingerprint density at radius 2 is 1.94 bits per heavy atom. The van der Waals surface area contributed by atoms with E-state index in [4.69, 9.17) is 4.52 Å². The maximum atomic E-state index is 12.8. The van der Waals surface area contributed by atoms with Crippen molar-refractivity contribution in [3.63, 3.8) is 0 Å². The number of thiophene rings is 1. The molecule has 0 unspecified atom stereocenters. The first kappa shape index (κ1) is 11.2. The third-order valence-corrected chi connectivity index (χ3v) is 3.77. The molecule has 3 aromatic rings. The Kier molecular flexibility index (Phi) is 2.72. The monoisotopic (exact) mass is 259 g/mol. The Morgan fingerprint density at radius 3 is 2.61 bits per heavy atom. The Balaban J connectivity index is 1.99. The van der Waals surface area contributed by atoms with E-state index in [0.717, 1.165) is 21.9 Å². The maximum Gasteiger partial charge on any atom is 0.177 e. The predicted octanol–water partition coefficient (Wildman–Crippen LogP) is 4.52. The summed E-state index contributed by atoms with van der Waals surface area (Å²) >= 11 is 1.62. The van der Waals surface area contributed by atoms with Crippen molar-refractivity contribution in [2.75, 3.05) is 0 Å². The highest BCUT2D eigenvalue weighted by atomic mass is 32.1. The first-order valence-corrected chi connectivity index (χ1v) is 6.39. The molecule has 1 aromatic carbocycles. The summed E-state index contributed by atoms with van der Waals surface area (Å²) in [6, 6.07) is 10.1. The topological polar surface area (TPSA) is 26.0 Å². The van der Waals surface area contributed by atoms with Crippen molar-refractivity contribution in [1.29, 1.82) is 0 Å². The zero-order valence-electron chi connectivity index (χ0n) is 9.68. The summed E-state index contributed by atoms with van der Waals surface area (Å²) in [4.78, 5) is 1.08. The lowest BCUT2D eigenvalue weighted by Gasteiger charge is -1.93. The van der Waals surface area contributed by atoms with Crippen molar-refractivity contribution in [1.82, 2.24) is 5.16 Å². The van der Waals surface area contributed by atoms with Gasteiger partial charge >= 0.3 is 0 Å². The van der Waals surface area contributed by atoms with E-state index in [1.165, 1.54) is 17.7 Å². The SMILES string of the molecule is Cc1ccsc1-c1cc(-c2ccc(F)cc2)no1. The van der Waals surface area contributed by atoms with Crippen molar-refractivity contribution in [2.24, 2.45) is 0 Å². The lowest BCUT2D eigenvalue weighted by atomic mass is 10.1. The molecule has 0 atom stereocenters. The molecule has 0 saturated heterocycles. The molecule has 0 aliphatic carbocycles. The van der Waals surface area contributed by atoms with Crippen LogP contribution in [-0.2, 0) is 0 Å². The van der Waals surface area contributed by atoms with Gasteiger partial charge < -0.3 is 4.52 Å². The van der Waals surface area contributed by atoms with Gasteiger partial charge in [0.15, 0.2) is 5.76 Å². The Morgan fingerprint density at radius 1 is 1.17 bits per heavy atom. The molecule has 3 rings (SSSR count). The van der Waals surface area contributed by atoms with Gasteiger partial charge in [-0.2, -0.15) is 0 Å². The highest BCUT2D eigenvalue weighted by molar-refractivity contribution is 7.13. The van der Waals surface area contributed by atoms with Gasteiger partial charge in [0.1, 0.15) is 11.5 Å². The van der Waals surface area contributed by atoms with Crippen LogP contribution in [0, 0.1) is 12.7 Å². The molecule has 90 valence electrons. The van der Waals surface area contributed by atoms with Crippen LogP contribution < -0.4 is 0 Å². The number of rotatable bonds is 2. The van der Waals surface area contributed by atoms with Crippen LogP contribution in [0.25, 0.3) is 21.9 Å². The van der Waals surface area contributed by atoms with Crippen molar-refractivity contribution in [3.8, 4) is 21.9 Å². The summed E-state index contributed by atoms with van der Waals surface area (Å²) in [6.45, 7) is 2.03. The van der Waals surface area contributed by atoms with E-state index in [1.54, 1.807) is 23.5 Å². The zero-order valence-corrected chi connectivity index (χ0v) is 10.5. The molecule has 0 bridgehead atoms. The fourth-order valence-electron chi connectivity index (χ4n) is 1.76. The summed E-state index contributed by atoms with van der Waals surface area (Å²) < 4.78 is 18.2. The van der Waals surface area contributed by atoms with E-state index in [9.17, 15) is 4.39 Å². The van der Waals surface area contributed by atoms with E-state index in [-0.39, 0.29) is 5.82 Å². The number of nitrogens with zero attached hydrogens (tertiary/aromatic N) is 1. The number of hydrogen-bond acceptors (Lipinski definition) is 3. The molecule has 2 aromatic heterocycles. The summed E-state index contributed by atoms with van der Waals surface area (Å²) in [6.07, 6.45) is 0. The molecule has 0 radical (unpaired) electrons. The summed E-state index contributed by atoms with van der Waals surface area (Å²) in [7, 11) is 0. The first-order valence-electron chi connectivity index (χ1n) is 5.51. The zero-order chi connectivity index (χ0) is 12.5. The molecular weight excluding hydrogens is 249 g/mol. The summed E-state index contributed by atoms with van der Waals surface area (Å²) in [5.74, 6) is 0.499. The van der Waals surface area contributed by atoms with Gasteiger partial charge in [0.2, 0.25) is 0 Å². The highest BCUT2D eigenvalue weighted by Crippen LogP contribution is 2.31. The van der Waals surface area contributed by atoms with E-state index in [0.29, 0.717) is 0 Å². The molecule has 0 fully saturated rings. The minimum absolute atomic E-state index is 0.253. The molecular formula is C14H10FNOS. The van der Waals surface area contributed by atoms with Gasteiger partial charge in [0.25, 0.3) is 0 Å². The van der Waals surface area contributed by atoms with Crippen LogP contribution in [0.2, 0.25) is 0 Å². The van der Waals surface area contributed by atoms with Crippen LogP contribution in [0.5, 0.6) is 0 Å². The molecule has 0 aliphatic heterocycles. The standard InChI is InChI=1S/C14H10FNOS/c1-9-6-7-18-14(9)13-8-12(16-17-13)10-2-4-11(15)5-3-10/h2-8H,1H3. The lowest BCUT2D eigenvalue weighted by Crippen LogP contribution is -1.77. The molecule has 4 heteroatoms. The Hall–Kier alpha value is -1.94. The van der Waals surface area contributed by atoms with Gasteiger partial charge in [0.05, 0.1) is 4.88 Å². The second kappa shape index (κ2) is 4.38. The van der Waals surface area contributed by atoms with Crippen molar-refractivity contribution in [2.45, 2.75) is 6.92 Å². The van der Waals surface area contributed by atoms with Crippen molar-refractivity contribution in [3.05, 3.63) is 53.2 Å². The van der Waals surface area contributed by atoms with Gasteiger partial charge in [-0.3, -0.25) is 0 Å². The number of benzene rings is 1. The number of halogens is 1. The van der Waals surface area contributed by atoms with Crippen LogP contribution in [0.15, 0.2) is 46.3 Å². The third-order valence-electron chi connectivity index (χ3n) is 2.74. The number of aromatic nitrogens is 1. The number of aryl methyl sites for hydroxylation is 1. The molecule has 18 heavy (non-hydrogen) atoms. The molecule has 0 amide bonds.